The third-order valence-electron chi connectivity index (χ3n) is 7.88. The maximum atomic E-state index is 11.5. The molecule has 11 heteroatoms. The molecule has 1 aromatic heterocycles. The maximum absolute atomic E-state index is 11.5. The van der Waals surface area contributed by atoms with Gasteiger partial charge in [0.15, 0.2) is 5.60 Å². The number of nitrogens with one attached hydrogen (secondary N) is 1. The molecule has 0 amide bonds. The minimum absolute atomic E-state index is 0.143. The molecule has 1 aliphatic carbocycles. The van der Waals surface area contributed by atoms with E-state index in [1.165, 1.54) is 0 Å². The molecule has 2 aliphatic heterocycles. The predicted molar refractivity (Wildman–Crippen MR) is 153 cm³/mol. The Morgan fingerprint density at radius 2 is 2.07 bits per heavy atom. The van der Waals surface area contributed by atoms with E-state index in [4.69, 9.17) is 30.5 Å². The fourth-order valence-electron chi connectivity index (χ4n) is 5.50. The van der Waals surface area contributed by atoms with Crippen LogP contribution in [0.3, 0.4) is 0 Å². The van der Waals surface area contributed by atoms with Crippen molar-refractivity contribution in [3.63, 3.8) is 0 Å². The van der Waals surface area contributed by atoms with Crippen molar-refractivity contribution in [2.45, 2.75) is 51.1 Å². The van der Waals surface area contributed by atoms with Gasteiger partial charge in [-0.15, -0.1) is 5.53 Å². The lowest BCUT2D eigenvalue weighted by Crippen LogP contribution is -2.97. The Kier molecular flexibility index (Phi) is 8.49. The number of aliphatic carboxylic acids is 1. The van der Waals surface area contributed by atoms with Crippen molar-refractivity contribution in [2.75, 3.05) is 27.4 Å². The molecule has 2 unspecified atom stereocenters. The number of carbonyl (C=O) groups is 1. The highest BCUT2D eigenvalue weighted by molar-refractivity contribution is 6.30. The van der Waals surface area contributed by atoms with E-state index < -0.39 is 17.7 Å². The first-order chi connectivity index (χ1) is 19.6. The van der Waals surface area contributed by atoms with Crippen LogP contribution in [-0.4, -0.2) is 59.7 Å². The van der Waals surface area contributed by atoms with Crippen molar-refractivity contribution in [1.29, 1.82) is 0 Å². The van der Waals surface area contributed by atoms with Crippen molar-refractivity contribution in [2.24, 2.45) is 5.92 Å². The van der Waals surface area contributed by atoms with E-state index in [9.17, 15) is 9.90 Å². The number of quaternary nitrogens is 1. The maximum Gasteiger partial charge on any atom is 0.335 e. The van der Waals surface area contributed by atoms with Gasteiger partial charge in [-0.25, -0.2) is 15.2 Å². The van der Waals surface area contributed by atoms with Crippen LogP contribution in [0.1, 0.15) is 50.7 Å². The number of nitrogens with zero attached hydrogens (tertiary/aromatic N) is 2. The molecule has 10 nitrogen and oxygen atoms in total. The first-order valence-electron chi connectivity index (χ1n) is 13.7. The lowest BCUT2D eigenvalue weighted by atomic mass is 9.88. The molecular weight excluding hydrogens is 548 g/mol. The van der Waals surface area contributed by atoms with Gasteiger partial charge in [-0.1, -0.05) is 30.7 Å². The van der Waals surface area contributed by atoms with E-state index in [-0.39, 0.29) is 24.7 Å². The molecule has 4 N–H and O–H groups in total. The van der Waals surface area contributed by atoms with Gasteiger partial charge < -0.3 is 28.6 Å². The van der Waals surface area contributed by atoms with Crippen molar-refractivity contribution in [1.82, 2.24) is 15.0 Å². The number of fused-ring (bicyclic) bond motifs is 3. The largest absolute Gasteiger partial charge is 0.498 e. The molecule has 0 radical (unpaired) electrons. The van der Waals surface area contributed by atoms with Crippen LogP contribution in [0.4, 0.5) is 0 Å². The summed E-state index contributed by atoms with van der Waals surface area (Å²) in [6.07, 6.45) is 7.73. The second-order valence-electron chi connectivity index (χ2n) is 10.9. The Balaban J connectivity index is 1.45. The van der Waals surface area contributed by atoms with E-state index >= 15 is 0 Å². The highest BCUT2D eigenvalue weighted by Gasteiger charge is 2.37. The summed E-state index contributed by atoms with van der Waals surface area (Å²) in [5.41, 5.74) is 8.37. The Morgan fingerprint density at radius 1 is 1.27 bits per heavy atom. The van der Waals surface area contributed by atoms with Crippen LogP contribution in [-0.2, 0) is 23.7 Å². The molecule has 220 valence electrons. The first kappa shape index (κ1) is 29.2. The molecule has 3 heterocycles. The van der Waals surface area contributed by atoms with Crippen molar-refractivity contribution in [3.05, 3.63) is 88.2 Å². The van der Waals surface area contributed by atoms with E-state index in [2.05, 4.69) is 35.1 Å². The molecule has 0 spiro atoms. The zero-order valence-corrected chi connectivity index (χ0v) is 24.7. The van der Waals surface area contributed by atoms with Gasteiger partial charge in [-0.05, 0) is 44.2 Å². The Bertz CT molecular complexity index is 1380. The number of benzene rings is 1. The first-order valence-corrected chi connectivity index (χ1v) is 14.1. The smallest absolute Gasteiger partial charge is 0.335 e. The van der Waals surface area contributed by atoms with Crippen LogP contribution in [0.5, 0.6) is 0 Å². The van der Waals surface area contributed by atoms with Crippen LogP contribution >= 0.6 is 11.6 Å². The average molecular weight is 586 g/mol. The van der Waals surface area contributed by atoms with Gasteiger partial charge in [0, 0.05) is 41.8 Å². The number of nitrogens with two attached hydrogens (primary N) is 1. The minimum atomic E-state index is -1.29. The van der Waals surface area contributed by atoms with E-state index in [0.29, 0.717) is 18.0 Å². The molecular formula is C30H38ClN4O6+. The third-order valence-corrected chi connectivity index (χ3v) is 8.11. The van der Waals surface area contributed by atoms with Crippen molar-refractivity contribution < 1.29 is 34.4 Å². The number of hydrogen-bond donors (Lipinski definition) is 3. The molecule has 0 saturated carbocycles. The highest BCUT2D eigenvalue weighted by atomic mass is 35.5. The lowest BCUT2D eigenvalue weighted by molar-refractivity contribution is -0.824. The summed E-state index contributed by atoms with van der Waals surface area (Å²) in [5.74, 6) is -0.127. The Hall–Kier alpha value is -3.28. The third kappa shape index (κ3) is 5.75. The van der Waals surface area contributed by atoms with Gasteiger partial charge in [-0.3, -0.25) is 0 Å². The molecule has 3 aliphatic rings. The number of halogens is 1. The Morgan fingerprint density at radius 3 is 2.80 bits per heavy atom. The minimum Gasteiger partial charge on any atom is -0.498 e. The molecule has 0 fully saturated rings. The molecule has 1 aromatic carbocycles. The second kappa shape index (κ2) is 11.9. The number of carboxylic acid groups (broad SMARTS) is 1. The van der Waals surface area contributed by atoms with Crippen LogP contribution in [0.25, 0.3) is 5.69 Å². The SMILES string of the molecule is COC1=C([C@H]2O[C@H](CCN3[NH2+]NC=C3COC(C)(C)C(=O)O)c3cccn3-c3ccc(Cl)cc32)C=CC(C)C1OC. The topological polar surface area (TPSA) is 111 Å². The number of rotatable bonds is 10. The summed E-state index contributed by atoms with van der Waals surface area (Å²) in [4.78, 5) is 11.5. The molecule has 0 bridgehead atoms. The standard InChI is InChI=1S/C30H37ClN4O6/c1-18-8-10-21(28(39-5)26(18)38-4)27-22-15-19(31)9-11-23(22)34-13-6-7-24(34)25(41-27)12-14-35-20(16-32-33-35)17-40-30(2,3)29(36)37/h6-11,13,15-16,18,25-27,32-33H,12,14,17H2,1-5H3,(H,36,37)/p+1/t18?,25-,26?,27-/m1/s1. The number of carboxylic acids is 1. The van der Waals surface area contributed by atoms with Crippen LogP contribution in [0.15, 0.2) is 71.9 Å². The highest BCUT2D eigenvalue weighted by Crippen LogP contribution is 2.45. The predicted octanol–water partition coefficient (Wildman–Crippen LogP) is 3.77. The number of ether oxygens (including phenoxy) is 4. The summed E-state index contributed by atoms with van der Waals surface area (Å²) in [7, 11) is 3.36. The molecule has 2 aromatic rings. The number of methoxy groups -OCH3 is 2. The van der Waals surface area contributed by atoms with E-state index in [0.717, 1.165) is 34.0 Å². The summed E-state index contributed by atoms with van der Waals surface area (Å²) >= 11 is 6.54. The number of aromatic nitrogens is 1. The van der Waals surface area contributed by atoms with Gasteiger partial charge >= 0.3 is 5.97 Å². The Labute approximate surface area is 245 Å². The van der Waals surface area contributed by atoms with E-state index in [1.54, 1.807) is 28.1 Å². The number of hydrogen-bond acceptors (Lipinski definition) is 7. The zero-order valence-electron chi connectivity index (χ0n) is 24.0. The molecule has 4 atom stereocenters. The summed E-state index contributed by atoms with van der Waals surface area (Å²) in [6.45, 7) is 5.95. The van der Waals surface area contributed by atoms with Crippen molar-refractivity contribution in [3.8, 4) is 5.69 Å². The van der Waals surface area contributed by atoms with Crippen molar-refractivity contribution >= 4 is 17.6 Å². The summed E-state index contributed by atoms with van der Waals surface area (Å²) in [5, 5.41) is 12.1. The van der Waals surface area contributed by atoms with Crippen LogP contribution in [0.2, 0.25) is 5.02 Å². The quantitative estimate of drug-likeness (QED) is 0.361. The average Bonchev–Trinajstić information content (AvgIpc) is 3.59. The van der Waals surface area contributed by atoms with Crippen LogP contribution in [0, 0.1) is 5.92 Å². The zero-order chi connectivity index (χ0) is 29.3. The molecule has 5 rings (SSSR count). The van der Waals surface area contributed by atoms with Crippen LogP contribution < -0.4 is 11.0 Å². The lowest BCUT2D eigenvalue weighted by Gasteiger charge is -2.32. The monoisotopic (exact) mass is 585 g/mol. The second-order valence-corrected chi connectivity index (χ2v) is 11.4. The van der Waals surface area contributed by atoms with Gasteiger partial charge in [0.05, 0.1) is 37.8 Å². The fraction of sp³-hybridized carbons (Fsp3) is 0.433. The molecule has 0 saturated heterocycles. The van der Waals surface area contributed by atoms with Gasteiger partial charge in [0.2, 0.25) is 0 Å². The van der Waals surface area contributed by atoms with Gasteiger partial charge in [-0.2, -0.15) is 0 Å². The summed E-state index contributed by atoms with van der Waals surface area (Å²) in [6, 6.07) is 9.97. The van der Waals surface area contributed by atoms with Gasteiger partial charge in [0.1, 0.15) is 29.8 Å². The summed E-state index contributed by atoms with van der Waals surface area (Å²) < 4.78 is 26.6. The molecule has 41 heavy (non-hydrogen) atoms. The fourth-order valence-corrected chi connectivity index (χ4v) is 5.68. The van der Waals surface area contributed by atoms with E-state index in [1.807, 2.05) is 47.2 Å². The van der Waals surface area contributed by atoms with Gasteiger partial charge in [0.25, 0.3) is 0 Å². The normalized spacial score (nSPS) is 24.0.